The lowest BCUT2D eigenvalue weighted by Crippen LogP contribution is -2.41. The maximum Gasteiger partial charge on any atom is 0.193 e. The van der Waals surface area contributed by atoms with Crippen LogP contribution in [0, 0.1) is 20.8 Å². The largest absolute Gasteiger partial charge is 0.491 e. The van der Waals surface area contributed by atoms with E-state index in [1.165, 1.54) is 0 Å². The number of likely N-dealkylation sites (N-methyl/N-ethyl adjacent to an activating group) is 1. The minimum absolute atomic E-state index is 0.607. The molecule has 1 heterocycles. The summed E-state index contributed by atoms with van der Waals surface area (Å²) >= 11 is 0. The summed E-state index contributed by atoms with van der Waals surface area (Å²) in [6.07, 6.45) is 0.823. The molecule has 0 atom stereocenters. The van der Waals surface area contributed by atoms with Crippen LogP contribution in [-0.4, -0.2) is 49.3 Å². The normalized spacial score (nSPS) is 11.5. The van der Waals surface area contributed by atoms with Crippen molar-refractivity contribution >= 4 is 5.96 Å². The fourth-order valence-corrected chi connectivity index (χ4v) is 2.72. The Morgan fingerprint density at radius 1 is 1.27 bits per heavy atom. The second-order valence-electron chi connectivity index (χ2n) is 6.32. The number of hydrogen-bond acceptors (Lipinski definition) is 4. The van der Waals surface area contributed by atoms with Crippen LogP contribution in [0.4, 0.5) is 0 Å². The van der Waals surface area contributed by atoms with E-state index in [9.17, 15) is 0 Å². The molecule has 0 saturated heterocycles. The van der Waals surface area contributed by atoms with Gasteiger partial charge in [0.1, 0.15) is 18.1 Å². The number of rotatable bonds is 8. The SMILES string of the molecule is CCNC(=NCCc1c(C)noc1C)N(C)CCOc1ccccc1C. The van der Waals surface area contributed by atoms with Gasteiger partial charge in [-0.3, -0.25) is 4.99 Å². The predicted molar refractivity (Wildman–Crippen MR) is 105 cm³/mol. The molecule has 0 saturated carbocycles. The minimum Gasteiger partial charge on any atom is -0.491 e. The summed E-state index contributed by atoms with van der Waals surface area (Å²) in [6.45, 7) is 10.9. The van der Waals surface area contributed by atoms with Gasteiger partial charge in [-0.25, -0.2) is 0 Å². The third-order valence-corrected chi connectivity index (χ3v) is 4.28. The van der Waals surface area contributed by atoms with Gasteiger partial charge < -0.3 is 19.5 Å². The number of aliphatic imine (C=N–C) groups is 1. The third-order valence-electron chi connectivity index (χ3n) is 4.28. The monoisotopic (exact) mass is 358 g/mol. The molecule has 2 rings (SSSR count). The summed E-state index contributed by atoms with van der Waals surface area (Å²) in [5.41, 5.74) is 3.24. The van der Waals surface area contributed by atoms with Gasteiger partial charge in [0.25, 0.3) is 0 Å². The van der Waals surface area contributed by atoms with Crippen molar-refractivity contribution in [1.82, 2.24) is 15.4 Å². The molecule has 26 heavy (non-hydrogen) atoms. The minimum atomic E-state index is 0.607. The van der Waals surface area contributed by atoms with E-state index in [1.54, 1.807) is 0 Å². The van der Waals surface area contributed by atoms with E-state index in [0.29, 0.717) is 13.2 Å². The van der Waals surface area contributed by atoms with Gasteiger partial charge in [0.05, 0.1) is 12.2 Å². The summed E-state index contributed by atoms with van der Waals surface area (Å²) in [5.74, 6) is 2.69. The first kappa shape index (κ1) is 19.8. The van der Waals surface area contributed by atoms with E-state index in [1.807, 2.05) is 39.1 Å². The lowest BCUT2D eigenvalue weighted by molar-refractivity contribution is 0.280. The number of hydrogen-bond donors (Lipinski definition) is 1. The molecule has 1 aromatic carbocycles. The van der Waals surface area contributed by atoms with Crippen LogP contribution in [0.15, 0.2) is 33.8 Å². The number of aromatic nitrogens is 1. The second-order valence-corrected chi connectivity index (χ2v) is 6.32. The predicted octanol–water partition coefficient (Wildman–Crippen LogP) is 3.12. The van der Waals surface area contributed by atoms with Crippen LogP contribution in [0.5, 0.6) is 5.75 Å². The summed E-state index contributed by atoms with van der Waals surface area (Å²) in [7, 11) is 2.03. The maximum absolute atomic E-state index is 5.89. The van der Waals surface area contributed by atoms with E-state index in [0.717, 1.165) is 53.8 Å². The van der Waals surface area contributed by atoms with Gasteiger partial charge in [0, 0.05) is 25.7 Å². The van der Waals surface area contributed by atoms with E-state index in [-0.39, 0.29) is 0 Å². The Morgan fingerprint density at radius 2 is 2.04 bits per heavy atom. The van der Waals surface area contributed by atoms with Crippen molar-refractivity contribution in [1.29, 1.82) is 0 Å². The van der Waals surface area contributed by atoms with Crippen molar-refractivity contribution in [3.63, 3.8) is 0 Å². The zero-order valence-corrected chi connectivity index (χ0v) is 16.5. The van der Waals surface area contributed by atoms with Crippen LogP contribution >= 0.6 is 0 Å². The number of para-hydroxylation sites is 1. The van der Waals surface area contributed by atoms with E-state index < -0.39 is 0 Å². The Bertz CT molecular complexity index is 705. The summed E-state index contributed by atoms with van der Waals surface area (Å²) < 4.78 is 11.1. The Labute approximate surface area is 156 Å². The summed E-state index contributed by atoms with van der Waals surface area (Å²) in [4.78, 5) is 6.81. The van der Waals surface area contributed by atoms with Crippen LogP contribution in [0.1, 0.15) is 29.5 Å². The molecule has 142 valence electrons. The van der Waals surface area contributed by atoms with Gasteiger partial charge in [-0.2, -0.15) is 0 Å². The molecule has 0 amide bonds. The maximum atomic E-state index is 5.89. The van der Waals surface area contributed by atoms with Crippen molar-refractivity contribution < 1.29 is 9.26 Å². The van der Waals surface area contributed by atoms with E-state index >= 15 is 0 Å². The van der Waals surface area contributed by atoms with Crippen LogP contribution in [-0.2, 0) is 6.42 Å². The average molecular weight is 358 g/mol. The molecule has 1 aromatic heterocycles. The van der Waals surface area contributed by atoms with Crippen molar-refractivity contribution in [2.75, 3.05) is 33.3 Å². The molecule has 0 bridgehead atoms. The highest BCUT2D eigenvalue weighted by atomic mass is 16.5. The number of aryl methyl sites for hydroxylation is 3. The summed E-state index contributed by atoms with van der Waals surface area (Å²) in [6, 6.07) is 8.06. The van der Waals surface area contributed by atoms with Gasteiger partial charge in [0.15, 0.2) is 5.96 Å². The lowest BCUT2D eigenvalue weighted by atomic mass is 10.1. The van der Waals surface area contributed by atoms with Gasteiger partial charge >= 0.3 is 0 Å². The molecule has 0 fully saturated rings. The zero-order valence-electron chi connectivity index (χ0n) is 16.5. The molecule has 0 aliphatic heterocycles. The number of nitrogens with one attached hydrogen (secondary N) is 1. The number of guanidine groups is 1. The molecule has 0 unspecified atom stereocenters. The van der Waals surface area contributed by atoms with Crippen molar-refractivity contribution in [3.05, 3.63) is 46.8 Å². The number of nitrogens with zero attached hydrogens (tertiary/aromatic N) is 3. The molecule has 0 aliphatic carbocycles. The molecule has 0 radical (unpaired) electrons. The first-order chi connectivity index (χ1) is 12.5. The fraction of sp³-hybridized carbons (Fsp3) is 0.500. The molecular weight excluding hydrogens is 328 g/mol. The molecule has 0 aliphatic rings. The Kier molecular flexibility index (Phi) is 7.51. The highest BCUT2D eigenvalue weighted by Gasteiger charge is 2.10. The van der Waals surface area contributed by atoms with Crippen LogP contribution in [0.2, 0.25) is 0 Å². The lowest BCUT2D eigenvalue weighted by Gasteiger charge is -2.22. The molecule has 0 spiro atoms. The summed E-state index contributed by atoms with van der Waals surface area (Å²) in [5, 5.41) is 7.33. The molecule has 6 heteroatoms. The average Bonchev–Trinajstić information content (AvgIpc) is 2.94. The Morgan fingerprint density at radius 3 is 2.69 bits per heavy atom. The van der Waals surface area contributed by atoms with Crippen LogP contribution < -0.4 is 10.1 Å². The van der Waals surface area contributed by atoms with Gasteiger partial charge in [-0.1, -0.05) is 23.4 Å². The Hall–Kier alpha value is -2.50. The highest BCUT2D eigenvalue weighted by molar-refractivity contribution is 5.79. The van der Waals surface area contributed by atoms with Gasteiger partial charge in [-0.15, -0.1) is 0 Å². The number of benzene rings is 1. The quantitative estimate of drug-likeness (QED) is 0.580. The number of ether oxygens (including phenoxy) is 1. The zero-order chi connectivity index (χ0) is 18.9. The van der Waals surface area contributed by atoms with E-state index in [2.05, 4.69) is 35.3 Å². The van der Waals surface area contributed by atoms with Crippen molar-refractivity contribution in [2.24, 2.45) is 4.99 Å². The molecule has 6 nitrogen and oxygen atoms in total. The van der Waals surface area contributed by atoms with Crippen LogP contribution in [0.25, 0.3) is 0 Å². The smallest absolute Gasteiger partial charge is 0.193 e. The fourth-order valence-electron chi connectivity index (χ4n) is 2.72. The van der Waals surface area contributed by atoms with E-state index in [4.69, 9.17) is 14.3 Å². The second kappa shape index (κ2) is 9.85. The van der Waals surface area contributed by atoms with Gasteiger partial charge in [0.2, 0.25) is 0 Å². The molecule has 1 N–H and O–H groups in total. The topological polar surface area (TPSA) is 62.9 Å². The first-order valence-corrected chi connectivity index (χ1v) is 9.12. The van der Waals surface area contributed by atoms with Crippen molar-refractivity contribution in [3.8, 4) is 5.75 Å². The first-order valence-electron chi connectivity index (χ1n) is 9.12. The standard InChI is InChI=1S/C20H30N4O2/c1-6-21-20(22-12-11-18-16(3)23-26-17(18)4)24(5)13-14-25-19-10-8-7-9-15(19)2/h7-10H,6,11-14H2,1-5H3,(H,21,22). The third kappa shape index (κ3) is 5.51. The molecule has 2 aromatic rings. The van der Waals surface area contributed by atoms with Gasteiger partial charge in [-0.05, 0) is 45.7 Å². The van der Waals surface area contributed by atoms with Crippen LogP contribution in [0.3, 0.4) is 0 Å². The molecular formula is C20H30N4O2. The highest BCUT2D eigenvalue weighted by Crippen LogP contribution is 2.16. The Balaban J connectivity index is 1.87. The van der Waals surface area contributed by atoms with Crippen molar-refractivity contribution in [2.45, 2.75) is 34.1 Å².